The number of ether oxygens (including phenoxy) is 1. The minimum absolute atomic E-state index is 0.0762. The van der Waals surface area contributed by atoms with Crippen LogP contribution in [0.15, 0.2) is 72.8 Å². The van der Waals surface area contributed by atoms with Gasteiger partial charge in [-0.2, -0.15) is 0 Å². The third-order valence-corrected chi connectivity index (χ3v) is 4.77. The Labute approximate surface area is 182 Å². The molecule has 0 aromatic heterocycles. The van der Waals surface area contributed by atoms with Crippen LogP contribution >= 0.6 is 0 Å². The third-order valence-electron chi connectivity index (χ3n) is 4.77. The number of carbonyl (C=O) groups excluding carboxylic acids is 2. The number of benzene rings is 3. The van der Waals surface area contributed by atoms with Gasteiger partial charge in [-0.3, -0.25) is 9.59 Å². The van der Waals surface area contributed by atoms with Crippen molar-refractivity contribution in [3.63, 3.8) is 0 Å². The molecule has 6 nitrogen and oxygen atoms in total. The van der Waals surface area contributed by atoms with Gasteiger partial charge in [0.2, 0.25) is 11.8 Å². The maximum Gasteiger partial charge on any atom is 0.243 e. The van der Waals surface area contributed by atoms with Gasteiger partial charge in [-0.15, -0.1) is 0 Å². The molecule has 0 atom stereocenters. The van der Waals surface area contributed by atoms with Crippen LogP contribution in [0.2, 0.25) is 0 Å². The summed E-state index contributed by atoms with van der Waals surface area (Å²) in [4.78, 5) is 24.5. The van der Waals surface area contributed by atoms with Crippen molar-refractivity contribution in [3.8, 4) is 5.75 Å². The van der Waals surface area contributed by atoms with Crippen LogP contribution in [0.4, 0.5) is 11.4 Å². The highest BCUT2D eigenvalue weighted by molar-refractivity contribution is 5.96. The lowest BCUT2D eigenvalue weighted by Crippen LogP contribution is -2.36. The Hall–Kier alpha value is -3.80. The van der Waals surface area contributed by atoms with E-state index in [-0.39, 0.29) is 24.9 Å². The minimum Gasteiger partial charge on any atom is -0.495 e. The van der Waals surface area contributed by atoms with Crippen molar-refractivity contribution < 1.29 is 14.3 Å². The summed E-state index contributed by atoms with van der Waals surface area (Å²) in [6.45, 7) is 1.88. The molecule has 0 saturated carbocycles. The Balaban J connectivity index is 1.50. The average Bonchev–Trinajstić information content (AvgIpc) is 2.78. The topological polar surface area (TPSA) is 79.5 Å². The molecule has 0 heterocycles. The summed E-state index contributed by atoms with van der Waals surface area (Å²) in [6, 6.07) is 23.6. The second-order valence-corrected chi connectivity index (χ2v) is 7.20. The first-order valence-electron chi connectivity index (χ1n) is 10.1. The smallest absolute Gasteiger partial charge is 0.243 e. The zero-order valence-electron chi connectivity index (χ0n) is 17.8. The third kappa shape index (κ3) is 6.60. The van der Waals surface area contributed by atoms with Gasteiger partial charge in [0, 0.05) is 5.69 Å². The fourth-order valence-electron chi connectivity index (χ4n) is 3.19. The number of methoxy groups -OCH3 is 1. The minimum atomic E-state index is -0.318. The maximum absolute atomic E-state index is 12.2. The SMILES string of the molecule is COc1ccc(C)cc1NC(=O)CNC(=O)CNc1ccccc1Cc1ccccc1. The highest BCUT2D eigenvalue weighted by Crippen LogP contribution is 2.25. The molecule has 0 aliphatic carbocycles. The molecule has 31 heavy (non-hydrogen) atoms. The van der Waals surface area contributed by atoms with Gasteiger partial charge in [0.15, 0.2) is 0 Å². The van der Waals surface area contributed by atoms with E-state index >= 15 is 0 Å². The van der Waals surface area contributed by atoms with E-state index in [1.165, 1.54) is 5.56 Å². The van der Waals surface area contributed by atoms with Crippen LogP contribution in [-0.2, 0) is 16.0 Å². The van der Waals surface area contributed by atoms with Gasteiger partial charge in [-0.1, -0.05) is 54.6 Å². The highest BCUT2D eigenvalue weighted by Gasteiger charge is 2.10. The van der Waals surface area contributed by atoms with Gasteiger partial charge in [-0.05, 0) is 48.2 Å². The molecule has 160 valence electrons. The zero-order chi connectivity index (χ0) is 22.1. The number of anilines is 2. The van der Waals surface area contributed by atoms with Crippen LogP contribution in [-0.4, -0.2) is 32.0 Å². The van der Waals surface area contributed by atoms with Crippen molar-refractivity contribution in [2.75, 3.05) is 30.8 Å². The van der Waals surface area contributed by atoms with E-state index in [0.717, 1.165) is 23.2 Å². The number of hydrogen-bond donors (Lipinski definition) is 3. The van der Waals surface area contributed by atoms with E-state index in [4.69, 9.17) is 4.74 Å². The maximum atomic E-state index is 12.2. The summed E-state index contributed by atoms with van der Waals surface area (Å²) in [5.74, 6) is -0.00966. The number of carbonyl (C=O) groups is 2. The molecule has 6 heteroatoms. The van der Waals surface area contributed by atoms with E-state index in [2.05, 4.69) is 28.1 Å². The van der Waals surface area contributed by atoms with Crippen LogP contribution in [0, 0.1) is 6.92 Å². The van der Waals surface area contributed by atoms with Gasteiger partial charge < -0.3 is 20.7 Å². The van der Waals surface area contributed by atoms with E-state index in [1.807, 2.05) is 61.5 Å². The van der Waals surface area contributed by atoms with Crippen molar-refractivity contribution in [2.24, 2.45) is 0 Å². The first kappa shape index (κ1) is 21.9. The molecule has 3 rings (SSSR count). The summed E-state index contributed by atoms with van der Waals surface area (Å²) in [5.41, 5.74) is 4.78. The van der Waals surface area contributed by atoms with Gasteiger partial charge in [-0.25, -0.2) is 0 Å². The lowest BCUT2D eigenvalue weighted by atomic mass is 10.0. The fraction of sp³-hybridized carbons (Fsp3) is 0.200. The Morgan fingerprint density at radius 1 is 0.839 bits per heavy atom. The van der Waals surface area contributed by atoms with Crippen LogP contribution in [0.5, 0.6) is 5.75 Å². The molecular weight excluding hydrogens is 390 g/mol. The van der Waals surface area contributed by atoms with Crippen LogP contribution in [0.1, 0.15) is 16.7 Å². The summed E-state index contributed by atoms with van der Waals surface area (Å²) in [7, 11) is 1.55. The monoisotopic (exact) mass is 417 g/mol. The Bertz CT molecular complexity index is 1040. The van der Waals surface area contributed by atoms with Crippen molar-refractivity contribution in [3.05, 3.63) is 89.5 Å². The van der Waals surface area contributed by atoms with Gasteiger partial charge in [0.25, 0.3) is 0 Å². The second-order valence-electron chi connectivity index (χ2n) is 7.20. The van der Waals surface area contributed by atoms with Crippen molar-refractivity contribution in [1.29, 1.82) is 0 Å². The van der Waals surface area contributed by atoms with Gasteiger partial charge >= 0.3 is 0 Å². The fourth-order valence-corrected chi connectivity index (χ4v) is 3.19. The van der Waals surface area contributed by atoms with Crippen LogP contribution < -0.4 is 20.7 Å². The molecule has 0 unspecified atom stereocenters. The number of rotatable bonds is 9. The summed E-state index contributed by atoms with van der Waals surface area (Å²) < 4.78 is 5.26. The van der Waals surface area contributed by atoms with Crippen LogP contribution in [0.25, 0.3) is 0 Å². The van der Waals surface area contributed by atoms with Crippen molar-refractivity contribution in [2.45, 2.75) is 13.3 Å². The van der Waals surface area contributed by atoms with E-state index in [0.29, 0.717) is 11.4 Å². The lowest BCUT2D eigenvalue weighted by molar-refractivity contribution is -0.122. The predicted molar refractivity (Wildman–Crippen MR) is 124 cm³/mol. The van der Waals surface area contributed by atoms with E-state index in [1.54, 1.807) is 13.2 Å². The standard InChI is InChI=1S/C25H27N3O3/c1-18-12-13-23(31-2)22(14-18)28-25(30)17-27-24(29)16-26-21-11-7-6-10-20(21)15-19-8-4-3-5-9-19/h3-14,26H,15-17H2,1-2H3,(H,27,29)(H,28,30). The van der Waals surface area contributed by atoms with Crippen molar-refractivity contribution >= 4 is 23.2 Å². The predicted octanol–water partition coefficient (Wildman–Crippen LogP) is 3.76. The van der Waals surface area contributed by atoms with E-state index < -0.39 is 0 Å². The van der Waals surface area contributed by atoms with Gasteiger partial charge in [0.1, 0.15) is 5.75 Å². The number of hydrogen-bond acceptors (Lipinski definition) is 4. The molecule has 3 aromatic carbocycles. The van der Waals surface area contributed by atoms with Gasteiger partial charge in [0.05, 0.1) is 25.9 Å². The Morgan fingerprint density at radius 2 is 1.58 bits per heavy atom. The molecule has 0 radical (unpaired) electrons. The Kier molecular flexibility index (Phi) is 7.65. The largest absolute Gasteiger partial charge is 0.495 e. The molecule has 0 bridgehead atoms. The first-order chi connectivity index (χ1) is 15.0. The number of para-hydroxylation sites is 1. The molecule has 0 aliphatic rings. The molecule has 3 N–H and O–H groups in total. The van der Waals surface area contributed by atoms with Crippen LogP contribution in [0.3, 0.4) is 0 Å². The molecule has 0 saturated heterocycles. The van der Waals surface area contributed by atoms with Crippen molar-refractivity contribution in [1.82, 2.24) is 5.32 Å². The first-order valence-corrected chi connectivity index (χ1v) is 10.1. The molecular formula is C25H27N3O3. The normalized spacial score (nSPS) is 10.3. The Morgan fingerprint density at radius 3 is 2.35 bits per heavy atom. The number of aryl methyl sites for hydroxylation is 1. The summed E-state index contributed by atoms with van der Waals surface area (Å²) in [5, 5.41) is 8.58. The number of nitrogens with one attached hydrogen (secondary N) is 3. The summed E-state index contributed by atoms with van der Waals surface area (Å²) >= 11 is 0. The summed E-state index contributed by atoms with van der Waals surface area (Å²) in [6.07, 6.45) is 0.770. The second kappa shape index (κ2) is 10.8. The zero-order valence-corrected chi connectivity index (χ0v) is 17.8. The average molecular weight is 418 g/mol. The molecule has 3 aromatic rings. The molecule has 0 fully saturated rings. The molecule has 0 spiro atoms. The highest BCUT2D eigenvalue weighted by atomic mass is 16.5. The molecule has 0 aliphatic heterocycles. The number of amides is 2. The molecule has 2 amide bonds. The lowest BCUT2D eigenvalue weighted by Gasteiger charge is -2.13. The van der Waals surface area contributed by atoms with E-state index in [9.17, 15) is 9.59 Å². The quantitative estimate of drug-likeness (QED) is 0.495.